The van der Waals surface area contributed by atoms with E-state index in [0.717, 1.165) is 32.4 Å². The fourth-order valence-corrected chi connectivity index (χ4v) is 2.23. The van der Waals surface area contributed by atoms with Gasteiger partial charge in [0, 0.05) is 19.7 Å². The fourth-order valence-electron chi connectivity index (χ4n) is 2.23. The van der Waals surface area contributed by atoms with E-state index in [1.54, 1.807) is 4.90 Å². The van der Waals surface area contributed by atoms with Gasteiger partial charge in [0.15, 0.2) is 0 Å². The van der Waals surface area contributed by atoms with E-state index in [-0.39, 0.29) is 24.1 Å². The summed E-state index contributed by atoms with van der Waals surface area (Å²) in [4.78, 5) is 27.3. The number of aromatic nitrogens is 3. The number of carbonyl (C=O) groups is 1. The van der Waals surface area contributed by atoms with Gasteiger partial charge in [0.2, 0.25) is 5.91 Å². The van der Waals surface area contributed by atoms with E-state index in [2.05, 4.69) is 22.1 Å². The fraction of sp³-hybridized carbons (Fsp3) is 0.750. The lowest BCUT2D eigenvalue weighted by molar-refractivity contribution is -0.134. The molecule has 0 aliphatic carbocycles. The second kappa shape index (κ2) is 6.51. The summed E-state index contributed by atoms with van der Waals surface area (Å²) in [7, 11) is 0. The van der Waals surface area contributed by atoms with Crippen molar-refractivity contribution in [1.29, 1.82) is 0 Å². The summed E-state index contributed by atoms with van der Waals surface area (Å²) in [5.74, 6) is 0.360. The molecule has 1 saturated heterocycles. The molecule has 1 fully saturated rings. The van der Waals surface area contributed by atoms with Gasteiger partial charge in [0.25, 0.3) is 0 Å². The Bertz CT molecular complexity index is 468. The van der Waals surface area contributed by atoms with Crippen molar-refractivity contribution >= 4 is 5.91 Å². The van der Waals surface area contributed by atoms with Gasteiger partial charge in [0.05, 0.1) is 12.5 Å². The Labute approximate surface area is 111 Å². The molecule has 2 rings (SSSR count). The van der Waals surface area contributed by atoms with E-state index < -0.39 is 0 Å². The highest BCUT2D eigenvalue weighted by atomic mass is 16.5. The molecule has 1 aromatic heterocycles. The molecule has 0 spiro atoms. The van der Waals surface area contributed by atoms with Crippen molar-refractivity contribution in [3.05, 3.63) is 16.3 Å². The molecule has 7 nitrogen and oxygen atoms in total. The third kappa shape index (κ3) is 3.92. The second-order valence-corrected chi connectivity index (χ2v) is 4.78. The summed E-state index contributed by atoms with van der Waals surface area (Å²) in [5, 5.41) is 6.00. The van der Waals surface area contributed by atoms with Crippen molar-refractivity contribution in [2.75, 3.05) is 19.7 Å². The Morgan fingerprint density at radius 3 is 3.11 bits per heavy atom. The van der Waals surface area contributed by atoms with Crippen LogP contribution in [0.4, 0.5) is 0 Å². The van der Waals surface area contributed by atoms with Gasteiger partial charge in [0.1, 0.15) is 5.82 Å². The summed E-state index contributed by atoms with van der Waals surface area (Å²) in [6, 6.07) is 0. The van der Waals surface area contributed by atoms with Gasteiger partial charge < -0.3 is 9.64 Å². The zero-order valence-corrected chi connectivity index (χ0v) is 11.1. The van der Waals surface area contributed by atoms with Gasteiger partial charge >= 0.3 is 5.69 Å². The van der Waals surface area contributed by atoms with Crippen LogP contribution < -0.4 is 5.69 Å². The van der Waals surface area contributed by atoms with Crippen LogP contribution in [0, 0.1) is 0 Å². The van der Waals surface area contributed by atoms with E-state index in [9.17, 15) is 9.59 Å². The number of carbonyl (C=O) groups excluding carboxylic acids is 1. The van der Waals surface area contributed by atoms with E-state index in [1.165, 1.54) is 0 Å². The van der Waals surface area contributed by atoms with Gasteiger partial charge in [-0.25, -0.2) is 9.89 Å². The van der Waals surface area contributed by atoms with Crippen molar-refractivity contribution in [3.63, 3.8) is 0 Å². The van der Waals surface area contributed by atoms with Gasteiger partial charge in [-0.1, -0.05) is 6.92 Å². The molecule has 0 saturated carbocycles. The quantitative estimate of drug-likeness (QED) is 0.790. The third-order valence-corrected chi connectivity index (χ3v) is 3.16. The van der Waals surface area contributed by atoms with Gasteiger partial charge in [-0.3, -0.25) is 9.78 Å². The molecule has 0 unspecified atom stereocenters. The van der Waals surface area contributed by atoms with Crippen molar-refractivity contribution in [3.8, 4) is 0 Å². The first-order chi connectivity index (χ1) is 9.19. The van der Waals surface area contributed by atoms with Crippen LogP contribution in [0.15, 0.2) is 4.79 Å². The first-order valence-corrected chi connectivity index (χ1v) is 6.72. The number of H-pyrrole nitrogens is 2. The molecule has 1 aliphatic heterocycles. The van der Waals surface area contributed by atoms with Gasteiger partial charge in [-0.05, 0) is 19.3 Å². The Morgan fingerprint density at radius 2 is 2.42 bits per heavy atom. The number of nitrogens with zero attached hydrogens (tertiary/aromatic N) is 2. The van der Waals surface area contributed by atoms with E-state index >= 15 is 0 Å². The molecule has 1 amide bonds. The highest BCUT2D eigenvalue weighted by Gasteiger charge is 2.24. The molecule has 2 heterocycles. The predicted octanol–water partition coefficient (Wildman–Crippen LogP) is 0.0581. The number of rotatable bonds is 5. The van der Waals surface area contributed by atoms with Crippen molar-refractivity contribution in [1.82, 2.24) is 20.1 Å². The summed E-state index contributed by atoms with van der Waals surface area (Å²) in [6.45, 7) is 4.19. The van der Waals surface area contributed by atoms with Crippen LogP contribution in [-0.4, -0.2) is 51.8 Å². The molecular formula is C12H20N4O3. The summed E-state index contributed by atoms with van der Waals surface area (Å²) in [5.41, 5.74) is -0.384. The zero-order valence-electron chi connectivity index (χ0n) is 11.1. The molecule has 106 valence electrons. The number of amides is 1. The standard InChI is InChI=1S/C12H20N4O3/c1-2-6-19-9-4-3-5-16(8-9)11(17)7-10-13-12(18)15-14-10/h9H,2-8H2,1H3,(H2,13,14,15,18)/t9-/m1/s1. The maximum absolute atomic E-state index is 12.1. The van der Waals surface area contributed by atoms with Crippen LogP contribution in [0.2, 0.25) is 0 Å². The first-order valence-electron chi connectivity index (χ1n) is 6.72. The Kier molecular flexibility index (Phi) is 4.73. The molecule has 1 aliphatic rings. The Morgan fingerprint density at radius 1 is 1.58 bits per heavy atom. The summed E-state index contributed by atoms with van der Waals surface area (Å²) in [6.07, 6.45) is 3.20. The largest absolute Gasteiger partial charge is 0.376 e. The minimum Gasteiger partial charge on any atom is -0.376 e. The number of nitrogens with one attached hydrogen (secondary N) is 2. The second-order valence-electron chi connectivity index (χ2n) is 4.78. The van der Waals surface area contributed by atoms with E-state index in [0.29, 0.717) is 12.4 Å². The number of aromatic amines is 2. The average molecular weight is 268 g/mol. The minimum absolute atomic E-state index is 0.0208. The van der Waals surface area contributed by atoms with Crippen LogP contribution in [0.5, 0.6) is 0 Å². The predicted molar refractivity (Wildman–Crippen MR) is 68.8 cm³/mol. The maximum atomic E-state index is 12.1. The van der Waals surface area contributed by atoms with E-state index in [1.807, 2.05) is 0 Å². The molecule has 0 radical (unpaired) electrons. The van der Waals surface area contributed by atoms with Crippen molar-refractivity contribution in [2.45, 2.75) is 38.7 Å². The zero-order chi connectivity index (χ0) is 13.7. The monoisotopic (exact) mass is 268 g/mol. The van der Waals surface area contributed by atoms with Gasteiger partial charge in [-0.15, -0.1) is 0 Å². The first kappa shape index (κ1) is 13.8. The summed E-state index contributed by atoms with van der Waals surface area (Å²) < 4.78 is 5.69. The van der Waals surface area contributed by atoms with Crippen LogP contribution in [0.25, 0.3) is 0 Å². The van der Waals surface area contributed by atoms with Crippen LogP contribution in [0.1, 0.15) is 32.0 Å². The van der Waals surface area contributed by atoms with Gasteiger partial charge in [-0.2, -0.15) is 5.10 Å². The van der Waals surface area contributed by atoms with Crippen LogP contribution in [-0.2, 0) is 16.0 Å². The lowest BCUT2D eigenvalue weighted by Crippen LogP contribution is -2.44. The number of hydrogen-bond acceptors (Lipinski definition) is 4. The molecule has 1 atom stereocenters. The maximum Gasteiger partial charge on any atom is 0.340 e. The number of piperidine rings is 1. The molecule has 7 heteroatoms. The van der Waals surface area contributed by atoms with E-state index in [4.69, 9.17) is 4.74 Å². The SMILES string of the molecule is CCCO[C@@H]1CCCN(C(=O)Cc2n[nH]c(=O)[nH]2)C1. The molecule has 1 aromatic rings. The highest BCUT2D eigenvalue weighted by molar-refractivity contribution is 5.78. The lowest BCUT2D eigenvalue weighted by atomic mass is 10.1. The van der Waals surface area contributed by atoms with Crippen molar-refractivity contribution in [2.24, 2.45) is 0 Å². The summed E-state index contributed by atoms with van der Waals surface area (Å²) >= 11 is 0. The normalized spacial score (nSPS) is 19.6. The lowest BCUT2D eigenvalue weighted by Gasteiger charge is -2.32. The smallest absolute Gasteiger partial charge is 0.340 e. The third-order valence-electron chi connectivity index (χ3n) is 3.16. The molecular weight excluding hydrogens is 248 g/mol. The van der Waals surface area contributed by atoms with Crippen LogP contribution >= 0.6 is 0 Å². The number of hydrogen-bond donors (Lipinski definition) is 2. The topological polar surface area (TPSA) is 91.1 Å². The van der Waals surface area contributed by atoms with Crippen molar-refractivity contribution < 1.29 is 9.53 Å². The Balaban J connectivity index is 1.86. The number of ether oxygens (including phenoxy) is 1. The minimum atomic E-state index is -0.384. The number of likely N-dealkylation sites (tertiary alicyclic amines) is 1. The van der Waals surface area contributed by atoms with Crippen LogP contribution in [0.3, 0.4) is 0 Å². The average Bonchev–Trinajstić information content (AvgIpc) is 2.82. The Hall–Kier alpha value is -1.63. The molecule has 19 heavy (non-hydrogen) atoms. The molecule has 0 aromatic carbocycles. The molecule has 0 bridgehead atoms. The molecule has 2 N–H and O–H groups in total. The highest BCUT2D eigenvalue weighted by Crippen LogP contribution is 2.14.